The van der Waals surface area contributed by atoms with E-state index in [-0.39, 0.29) is 11.8 Å². The van der Waals surface area contributed by atoms with Crippen molar-refractivity contribution < 1.29 is 14.7 Å². The van der Waals surface area contributed by atoms with Crippen molar-refractivity contribution in [2.75, 3.05) is 5.32 Å². The fourth-order valence-electron chi connectivity index (χ4n) is 3.17. The van der Waals surface area contributed by atoms with E-state index in [9.17, 15) is 14.7 Å². The molecule has 1 aromatic carbocycles. The molecule has 0 saturated heterocycles. The Balaban J connectivity index is 2.34. The van der Waals surface area contributed by atoms with E-state index in [1.165, 1.54) is 6.92 Å². The minimum Gasteiger partial charge on any atom is -0.481 e. The molecule has 1 heterocycles. The number of hydrogen-bond donors (Lipinski definition) is 2. The molecule has 0 aromatic heterocycles. The number of aliphatic carboxylic acids is 1. The fourth-order valence-corrected chi connectivity index (χ4v) is 4.63. The van der Waals surface area contributed by atoms with Crippen molar-refractivity contribution in [3.05, 3.63) is 35.9 Å². The van der Waals surface area contributed by atoms with Crippen LogP contribution in [-0.4, -0.2) is 21.7 Å². The molecule has 0 bridgehead atoms. The van der Waals surface area contributed by atoms with E-state index < -0.39 is 16.6 Å². The van der Waals surface area contributed by atoms with E-state index in [4.69, 9.17) is 0 Å². The summed E-state index contributed by atoms with van der Waals surface area (Å²) in [5.41, 5.74) is 1.76. The number of carboxylic acid groups (broad SMARTS) is 1. The van der Waals surface area contributed by atoms with Crippen LogP contribution < -0.4 is 5.32 Å². The van der Waals surface area contributed by atoms with Crippen LogP contribution in [0.5, 0.6) is 0 Å². The number of carbonyl (C=O) groups is 2. The number of rotatable bonds is 3. The number of carboxylic acids is 1. The van der Waals surface area contributed by atoms with Gasteiger partial charge in [-0.2, -0.15) is 0 Å². The highest BCUT2D eigenvalue weighted by Gasteiger charge is 2.41. The second kappa shape index (κ2) is 6.79. The van der Waals surface area contributed by atoms with E-state index in [1.54, 1.807) is 11.8 Å². The first kappa shape index (κ1) is 17.6. The molecule has 5 heteroatoms. The molecule has 1 aliphatic rings. The predicted molar refractivity (Wildman–Crippen MR) is 95.3 cm³/mol. The number of allylic oxidation sites excluding steroid dienone is 1. The van der Waals surface area contributed by atoms with E-state index in [2.05, 4.69) is 11.4 Å². The molecule has 0 radical (unpaired) electrons. The minimum atomic E-state index is -0.739. The summed E-state index contributed by atoms with van der Waals surface area (Å²) in [7, 11) is 0. The summed E-state index contributed by atoms with van der Waals surface area (Å²) in [6, 6.07) is 7.67. The highest BCUT2D eigenvalue weighted by atomic mass is 32.2. The van der Waals surface area contributed by atoms with Gasteiger partial charge in [0.1, 0.15) is 0 Å². The summed E-state index contributed by atoms with van der Waals surface area (Å²) in [6.07, 6.45) is 2.85. The molecule has 2 unspecified atom stereocenters. The Bertz CT molecular complexity index is 651. The number of hydrogen-bond acceptors (Lipinski definition) is 3. The largest absolute Gasteiger partial charge is 0.481 e. The summed E-state index contributed by atoms with van der Waals surface area (Å²) >= 11 is 1.60. The van der Waals surface area contributed by atoms with Crippen LogP contribution in [-0.2, 0) is 9.59 Å². The van der Waals surface area contributed by atoms with Crippen LogP contribution in [0.1, 0.15) is 39.7 Å². The number of thioether (sulfide) groups is 1. The zero-order chi connectivity index (χ0) is 17.2. The third kappa shape index (κ3) is 4.16. The van der Waals surface area contributed by atoms with Gasteiger partial charge in [0, 0.05) is 22.3 Å². The molecule has 0 saturated carbocycles. The number of nitrogens with one attached hydrogen (secondary N) is 1. The molecule has 4 nitrogen and oxygen atoms in total. The fraction of sp³-hybridized carbons (Fsp3) is 0.444. The maximum absolute atomic E-state index is 11.7. The van der Waals surface area contributed by atoms with Crippen LogP contribution in [0.4, 0.5) is 5.69 Å². The van der Waals surface area contributed by atoms with Crippen molar-refractivity contribution in [2.24, 2.45) is 11.8 Å². The Morgan fingerprint density at radius 3 is 2.65 bits per heavy atom. The Kier molecular flexibility index (Phi) is 5.19. The lowest BCUT2D eigenvalue weighted by atomic mass is 9.82. The van der Waals surface area contributed by atoms with Crippen LogP contribution in [0, 0.1) is 11.8 Å². The van der Waals surface area contributed by atoms with Gasteiger partial charge in [-0.25, -0.2) is 0 Å². The van der Waals surface area contributed by atoms with Gasteiger partial charge in [0.25, 0.3) is 0 Å². The summed E-state index contributed by atoms with van der Waals surface area (Å²) in [4.78, 5) is 24.0. The first-order chi connectivity index (χ1) is 10.7. The molecule has 124 valence electrons. The third-order valence-electron chi connectivity index (χ3n) is 4.10. The first-order valence-corrected chi connectivity index (χ1v) is 8.52. The van der Waals surface area contributed by atoms with Crippen molar-refractivity contribution >= 4 is 34.2 Å². The van der Waals surface area contributed by atoms with Crippen LogP contribution in [0.25, 0.3) is 4.91 Å². The maximum Gasteiger partial charge on any atom is 0.308 e. The summed E-state index contributed by atoms with van der Waals surface area (Å²) < 4.78 is -0.405. The van der Waals surface area contributed by atoms with Crippen molar-refractivity contribution in [3.8, 4) is 0 Å². The molecule has 0 spiro atoms. The molecule has 0 aliphatic carbocycles. The molecule has 23 heavy (non-hydrogen) atoms. The lowest BCUT2D eigenvalue weighted by molar-refractivity contribution is -0.144. The van der Waals surface area contributed by atoms with Crippen LogP contribution in [0.15, 0.2) is 30.3 Å². The second-order valence-electron chi connectivity index (χ2n) is 6.56. The number of carbonyl (C=O) groups excluding carboxylic acids is 1. The molecule has 2 N–H and O–H groups in total. The molecular weight excluding hydrogens is 310 g/mol. The predicted octanol–water partition coefficient (Wildman–Crippen LogP) is 4.24. The van der Waals surface area contributed by atoms with Gasteiger partial charge >= 0.3 is 5.97 Å². The van der Waals surface area contributed by atoms with Crippen LogP contribution >= 0.6 is 11.8 Å². The molecule has 1 amide bonds. The third-order valence-corrected chi connectivity index (χ3v) is 5.50. The van der Waals surface area contributed by atoms with Gasteiger partial charge in [-0.05, 0) is 43.9 Å². The van der Waals surface area contributed by atoms with E-state index >= 15 is 0 Å². The lowest BCUT2D eigenvalue weighted by Gasteiger charge is -2.33. The maximum atomic E-state index is 11.7. The van der Waals surface area contributed by atoms with Gasteiger partial charge in [-0.3, -0.25) is 9.59 Å². The summed E-state index contributed by atoms with van der Waals surface area (Å²) in [5, 5.41) is 12.4. The molecule has 1 aromatic rings. The SMILES string of the molecule is CC(=O)Nc1cccc(C2=CCC(C)C(C(=O)O)C(C)(C)S2)c1. The Morgan fingerprint density at radius 2 is 2.04 bits per heavy atom. The lowest BCUT2D eigenvalue weighted by Crippen LogP contribution is -2.37. The van der Waals surface area contributed by atoms with Gasteiger partial charge in [-0.1, -0.05) is 25.1 Å². The van der Waals surface area contributed by atoms with Gasteiger partial charge in [-0.15, -0.1) is 11.8 Å². The quantitative estimate of drug-likeness (QED) is 0.868. The van der Waals surface area contributed by atoms with Gasteiger partial charge in [0.2, 0.25) is 5.91 Å². The highest BCUT2D eigenvalue weighted by Crippen LogP contribution is 2.48. The monoisotopic (exact) mass is 333 g/mol. The molecule has 2 rings (SSSR count). The number of anilines is 1. The van der Waals surface area contributed by atoms with E-state index in [0.717, 1.165) is 22.6 Å². The molecule has 1 aliphatic heterocycles. The van der Waals surface area contributed by atoms with Crippen LogP contribution in [0.2, 0.25) is 0 Å². The Hall–Kier alpha value is -1.75. The molecule has 0 fully saturated rings. The number of amides is 1. The second-order valence-corrected chi connectivity index (χ2v) is 8.26. The Morgan fingerprint density at radius 1 is 1.35 bits per heavy atom. The highest BCUT2D eigenvalue weighted by molar-refractivity contribution is 8.09. The Labute approximate surface area is 141 Å². The smallest absolute Gasteiger partial charge is 0.308 e. The molecule has 2 atom stereocenters. The molecular formula is C18H23NO3S. The van der Waals surface area contributed by atoms with Crippen molar-refractivity contribution in [3.63, 3.8) is 0 Å². The van der Waals surface area contributed by atoms with Crippen molar-refractivity contribution in [2.45, 2.75) is 38.9 Å². The average Bonchev–Trinajstić information content (AvgIpc) is 2.53. The van der Waals surface area contributed by atoms with Gasteiger partial charge in [0.05, 0.1) is 5.92 Å². The van der Waals surface area contributed by atoms with Crippen molar-refractivity contribution in [1.29, 1.82) is 0 Å². The standard InChI is InChI=1S/C18H23NO3S/c1-11-8-9-15(23-18(3,4)16(11)17(21)22)13-6-5-7-14(10-13)19-12(2)20/h5-7,9-11,16H,8H2,1-4H3,(H,19,20)(H,21,22). The minimum absolute atomic E-state index is 0.0750. The van der Waals surface area contributed by atoms with E-state index in [1.807, 2.05) is 45.0 Å². The van der Waals surface area contributed by atoms with Gasteiger partial charge in [0.15, 0.2) is 0 Å². The van der Waals surface area contributed by atoms with Gasteiger partial charge < -0.3 is 10.4 Å². The zero-order valence-corrected chi connectivity index (χ0v) is 14.7. The normalized spacial score (nSPS) is 23.6. The van der Waals surface area contributed by atoms with Crippen LogP contribution in [0.3, 0.4) is 0 Å². The summed E-state index contributed by atoms with van der Waals surface area (Å²) in [6.45, 7) is 7.45. The summed E-state index contributed by atoms with van der Waals surface area (Å²) in [5.74, 6) is -1.17. The topological polar surface area (TPSA) is 66.4 Å². The van der Waals surface area contributed by atoms with Crippen molar-refractivity contribution in [1.82, 2.24) is 0 Å². The van der Waals surface area contributed by atoms with E-state index in [0.29, 0.717) is 0 Å². The first-order valence-electron chi connectivity index (χ1n) is 7.70. The average molecular weight is 333 g/mol. The number of benzene rings is 1. The zero-order valence-electron chi connectivity index (χ0n) is 13.9.